The topological polar surface area (TPSA) is 77.7 Å². The van der Waals surface area contributed by atoms with Crippen LogP contribution in [0.2, 0.25) is 0 Å². The van der Waals surface area contributed by atoms with Crippen LogP contribution in [0.25, 0.3) is 0 Å². The number of fused-ring (bicyclic) bond motifs is 1. The van der Waals surface area contributed by atoms with Gasteiger partial charge in [-0.25, -0.2) is 4.99 Å². The monoisotopic (exact) mass is 412 g/mol. The van der Waals surface area contributed by atoms with Crippen LogP contribution in [0.5, 0.6) is 0 Å². The molecule has 7 nitrogen and oxygen atoms in total. The Balaban J connectivity index is 1.61. The average molecular weight is 413 g/mol. The Morgan fingerprint density at radius 1 is 1.27 bits per heavy atom. The first-order valence-corrected chi connectivity index (χ1v) is 11.0. The predicted molar refractivity (Wildman–Crippen MR) is 121 cm³/mol. The van der Waals surface area contributed by atoms with Crippen LogP contribution >= 0.6 is 0 Å². The van der Waals surface area contributed by atoms with Crippen molar-refractivity contribution >= 4 is 5.96 Å². The van der Waals surface area contributed by atoms with Crippen LogP contribution in [-0.2, 0) is 25.6 Å². The zero-order valence-corrected chi connectivity index (χ0v) is 18.7. The van der Waals surface area contributed by atoms with E-state index in [1.165, 1.54) is 11.1 Å². The Hall–Kier alpha value is -2.38. The molecule has 1 aliphatic rings. The van der Waals surface area contributed by atoms with Gasteiger partial charge in [-0.05, 0) is 37.8 Å². The maximum absolute atomic E-state index is 10.8. The van der Waals surface area contributed by atoms with E-state index in [0.29, 0.717) is 6.04 Å². The fourth-order valence-corrected chi connectivity index (χ4v) is 3.94. The van der Waals surface area contributed by atoms with Crippen LogP contribution < -0.4 is 10.6 Å². The number of nitrogens with zero attached hydrogens (tertiary/aromatic N) is 4. The summed E-state index contributed by atoms with van der Waals surface area (Å²) in [6.45, 7) is 10.0. The lowest BCUT2D eigenvalue weighted by Gasteiger charge is -2.35. The molecule has 0 spiro atoms. The second-order valence-electron chi connectivity index (χ2n) is 8.30. The normalized spacial score (nSPS) is 17.8. The first-order valence-electron chi connectivity index (χ1n) is 11.0. The first-order chi connectivity index (χ1) is 14.4. The summed E-state index contributed by atoms with van der Waals surface area (Å²) in [5.41, 5.74) is 2.62. The van der Waals surface area contributed by atoms with Gasteiger partial charge in [-0.15, -0.1) is 0 Å². The summed E-state index contributed by atoms with van der Waals surface area (Å²) in [6, 6.07) is 9.18. The highest BCUT2D eigenvalue weighted by atomic mass is 16.3. The summed E-state index contributed by atoms with van der Waals surface area (Å²) in [4.78, 5) is 7.21. The molecule has 0 radical (unpaired) electrons. The molecule has 0 aliphatic carbocycles. The van der Waals surface area contributed by atoms with Crippen LogP contribution in [0.4, 0.5) is 0 Å². The number of aliphatic hydroxyl groups is 1. The summed E-state index contributed by atoms with van der Waals surface area (Å²) in [5, 5.41) is 21.8. The summed E-state index contributed by atoms with van der Waals surface area (Å²) >= 11 is 0. The Bertz CT molecular complexity index is 844. The summed E-state index contributed by atoms with van der Waals surface area (Å²) in [7, 11) is 1.85. The van der Waals surface area contributed by atoms with Gasteiger partial charge in [0.15, 0.2) is 5.96 Å². The van der Waals surface area contributed by atoms with Crippen molar-refractivity contribution in [3.63, 3.8) is 0 Å². The Kier molecular flexibility index (Phi) is 7.50. The van der Waals surface area contributed by atoms with Gasteiger partial charge in [0.25, 0.3) is 0 Å². The molecule has 2 heterocycles. The van der Waals surface area contributed by atoms with Crippen molar-refractivity contribution in [3.05, 3.63) is 53.3 Å². The lowest BCUT2D eigenvalue weighted by Crippen LogP contribution is -2.48. The molecule has 0 fully saturated rings. The van der Waals surface area contributed by atoms with E-state index < -0.39 is 5.60 Å². The lowest BCUT2D eigenvalue weighted by atomic mass is 9.98. The largest absolute Gasteiger partial charge is 0.383 e. The molecular weight excluding hydrogens is 376 g/mol. The van der Waals surface area contributed by atoms with Crippen LogP contribution in [0.3, 0.4) is 0 Å². The standard InChI is InChI=1S/C23H36N6O/c1-5-21(29-12-11-18-9-7-8-10-19(18)15-29)14-25-22(24-6-2)26-17-23(3,30)20-13-27-28(4)16-20/h7-10,13,16,21,30H,5-6,11-12,14-15,17H2,1-4H3,(H2,24,25,26). The molecule has 164 valence electrons. The molecule has 30 heavy (non-hydrogen) atoms. The number of nitrogens with one attached hydrogen (secondary N) is 2. The molecule has 0 saturated heterocycles. The highest BCUT2D eigenvalue weighted by molar-refractivity contribution is 5.79. The van der Waals surface area contributed by atoms with E-state index in [-0.39, 0.29) is 6.54 Å². The minimum Gasteiger partial charge on any atom is -0.383 e. The van der Waals surface area contributed by atoms with E-state index in [0.717, 1.165) is 50.5 Å². The first kappa shape index (κ1) is 22.3. The van der Waals surface area contributed by atoms with Gasteiger partial charge in [0, 0.05) is 51.0 Å². The number of benzene rings is 1. The van der Waals surface area contributed by atoms with Gasteiger partial charge in [0.1, 0.15) is 5.60 Å². The maximum Gasteiger partial charge on any atom is 0.191 e. The number of hydrogen-bond acceptors (Lipinski definition) is 4. The van der Waals surface area contributed by atoms with Crippen molar-refractivity contribution in [2.45, 2.75) is 51.8 Å². The molecule has 2 unspecified atom stereocenters. The number of hydrogen-bond donors (Lipinski definition) is 3. The van der Waals surface area contributed by atoms with Crippen LogP contribution in [-0.4, -0.2) is 58.0 Å². The zero-order chi connectivity index (χ0) is 21.6. The number of rotatable bonds is 8. The molecule has 7 heteroatoms. The van der Waals surface area contributed by atoms with Gasteiger partial charge in [-0.3, -0.25) is 9.58 Å². The highest BCUT2D eigenvalue weighted by Gasteiger charge is 2.25. The molecule has 1 aliphatic heterocycles. The highest BCUT2D eigenvalue weighted by Crippen LogP contribution is 2.21. The SMILES string of the molecule is CCNC(=NCC(C)(O)c1cnn(C)c1)NCC(CC)N1CCc2ccccc2C1. The fraction of sp³-hybridized carbons (Fsp3) is 0.565. The summed E-state index contributed by atoms with van der Waals surface area (Å²) in [5.74, 6) is 0.734. The minimum absolute atomic E-state index is 0.266. The molecule has 0 bridgehead atoms. The van der Waals surface area contributed by atoms with Crippen molar-refractivity contribution in [2.24, 2.45) is 12.0 Å². The van der Waals surface area contributed by atoms with Crippen LogP contribution in [0.15, 0.2) is 41.7 Å². The molecule has 0 amide bonds. The fourth-order valence-electron chi connectivity index (χ4n) is 3.94. The second kappa shape index (κ2) is 10.1. The third-order valence-electron chi connectivity index (χ3n) is 5.87. The van der Waals surface area contributed by atoms with Gasteiger partial charge >= 0.3 is 0 Å². The quantitative estimate of drug-likeness (QED) is 0.457. The number of guanidine groups is 1. The van der Waals surface area contributed by atoms with Crippen molar-refractivity contribution in [1.29, 1.82) is 0 Å². The maximum atomic E-state index is 10.8. The molecule has 3 N–H and O–H groups in total. The predicted octanol–water partition coefficient (Wildman–Crippen LogP) is 2.02. The molecule has 2 aromatic rings. The zero-order valence-electron chi connectivity index (χ0n) is 18.7. The Morgan fingerprint density at radius 3 is 2.70 bits per heavy atom. The van der Waals surface area contributed by atoms with Crippen molar-refractivity contribution in [3.8, 4) is 0 Å². The Labute approximate surface area is 180 Å². The molecular formula is C23H36N6O. The van der Waals surface area contributed by atoms with Gasteiger partial charge in [0.05, 0.1) is 12.7 Å². The smallest absolute Gasteiger partial charge is 0.191 e. The lowest BCUT2D eigenvalue weighted by molar-refractivity contribution is 0.0671. The van der Waals surface area contributed by atoms with Crippen molar-refractivity contribution < 1.29 is 5.11 Å². The molecule has 0 saturated carbocycles. The minimum atomic E-state index is -1.06. The van der Waals surface area contributed by atoms with Gasteiger partial charge in [-0.1, -0.05) is 31.2 Å². The van der Waals surface area contributed by atoms with Crippen molar-refractivity contribution in [2.75, 3.05) is 26.2 Å². The van der Waals surface area contributed by atoms with Crippen LogP contribution in [0, 0.1) is 0 Å². The van der Waals surface area contributed by atoms with E-state index in [1.807, 2.05) is 13.2 Å². The Morgan fingerprint density at radius 2 is 2.03 bits per heavy atom. The molecule has 2 atom stereocenters. The van der Waals surface area contributed by atoms with Crippen LogP contribution in [0.1, 0.15) is 43.9 Å². The van der Waals surface area contributed by atoms with E-state index in [4.69, 9.17) is 0 Å². The van der Waals surface area contributed by atoms with Gasteiger partial charge < -0.3 is 15.7 Å². The van der Waals surface area contributed by atoms with Gasteiger partial charge in [-0.2, -0.15) is 5.10 Å². The second-order valence-corrected chi connectivity index (χ2v) is 8.30. The van der Waals surface area contributed by atoms with E-state index in [9.17, 15) is 5.11 Å². The summed E-state index contributed by atoms with van der Waals surface area (Å²) < 4.78 is 1.69. The summed E-state index contributed by atoms with van der Waals surface area (Å²) in [6.07, 6.45) is 5.70. The number of aliphatic imine (C=N–C) groups is 1. The van der Waals surface area contributed by atoms with E-state index in [1.54, 1.807) is 17.8 Å². The number of aryl methyl sites for hydroxylation is 1. The molecule has 1 aromatic heterocycles. The van der Waals surface area contributed by atoms with E-state index in [2.05, 4.69) is 63.7 Å². The molecule has 1 aromatic carbocycles. The third kappa shape index (κ3) is 5.61. The average Bonchev–Trinajstić information content (AvgIpc) is 3.19. The molecule has 3 rings (SSSR count). The third-order valence-corrected chi connectivity index (χ3v) is 5.87. The van der Waals surface area contributed by atoms with E-state index >= 15 is 0 Å². The van der Waals surface area contributed by atoms with Crippen molar-refractivity contribution in [1.82, 2.24) is 25.3 Å². The van der Waals surface area contributed by atoms with Gasteiger partial charge in [0.2, 0.25) is 0 Å². The number of aromatic nitrogens is 2.